The molecule has 2 aromatic heterocycles. The van der Waals surface area contributed by atoms with Gasteiger partial charge in [0.25, 0.3) is 5.56 Å². The SMILES string of the molecule is CCOC(=O)c1ccc(=O)n(-c2cc(C)cc(C)n2)c1. The van der Waals surface area contributed by atoms with Gasteiger partial charge in [-0.25, -0.2) is 9.78 Å². The fourth-order valence-corrected chi connectivity index (χ4v) is 1.94. The molecule has 0 aliphatic rings. The second kappa shape index (κ2) is 5.69. The van der Waals surface area contributed by atoms with Crippen molar-refractivity contribution in [1.82, 2.24) is 9.55 Å². The number of aryl methyl sites for hydroxylation is 2. The standard InChI is InChI=1S/C15H16N2O3/c1-4-20-15(19)12-5-6-14(18)17(9-12)13-8-10(2)7-11(3)16-13/h5-9H,4H2,1-3H3. The highest BCUT2D eigenvalue weighted by molar-refractivity contribution is 5.89. The molecule has 0 unspecified atom stereocenters. The van der Waals surface area contributed by atoms with E-state index in [2.05, 4.69) is 4.98 Å². The van der Waals surface area contributed by atoms with Crippen molar-refractivity contribution >= 4 is 5.97 Å². The maximum atomic E-state index is 11.9. The maximum absolute atomic E-state index is 11.9. The first kappa shape index (κ1) is 14.0. The molecule has 2 aromatic rings. The van der Waals surface area contributed by atoms with Crippen molar-refractivity contribution in [3.63, 3.8) is 0 Å². The van der Waals surface area contributed by atoms with Gasteiger partial charge in [0.15, 0.2) is 0 Å². The molecule has 0 amide bonds. The van der Waals surface area contributed by atoms with Crippen LogP contribution in [0.2, 0.25) is 0 Å². The van der Waals surface area contributed by atoms with Gasteiger partial charge in [0.05, 0.1) is 12.2 Å². The van der Waals surface area contributed by atoms with Crippen LogP contribution in [-0.4, -0.2) is 22.1 Å². The lowest BCUT2D eigenvalue weighted by atomic mass is 10.2. The van der Waals surface area contributed by atoms with Gasteiger partial charge in [-0.1, -0.05) is 0 Å². The number of aromatic nitrogens is 2. The van der Waals surface area contributed by atoms with E-state index in [1.807, 2.05) is 19.9 Å². The number of hydrogen-bond donors (Lipinski definition) is 0. The number of hydrogen-bond acceptors (Lipinski definition) is 4. The number of pyridine rings is 2. The Balaban J connectivity index is 2.53. The molecular formula is C15H16N2O3. The molecule has 0 saturated carbocycles. The van der Waals surface area contributed by atoms with E-state index < -0.39 is 5.97 Å². The third-order valence-corrected chi connectivity index (χ3v) is 2.75. The summed E-state index contributed by atoms with van der Waals surface area (Å²) in [4.78, 5) is 28.0. The predicted molar refractivity (Wildman–Crippen MR) is 75.3 cm³/mol. The molecule has 104 valence electrons. The molecule has 0 fully saturated rings. The van der Waals surface area contributed by atoms with Crippen LogP contribution in [0.1, 0.15) is 28.5 Å². The molecule has 0 aromatic carbocycles. The van der Waals surface area contributed by atoms with Gasteiger partial charge in [-0.2, -0.15) is 0 Å². The lowest BCUT2D eigenvalue weighted by molar-refractivity contribution is 0.0525. The summed E-state index contributed by atoms with van der Waals surface area (Å²) < 4.78 is 6.28. The smallest absolute Gasteiger partial charge is 0.339 e. The zero-order valence-electron chi connectivity index (χ0n) is 11.7. The summed E-state index contributed by atoms with van der Waals surface area (Å²) in [5, 5.41) is 0. The van der Waals surface area contributed by atoms with Gasteiger partial charge in [0.1, 0.15) is 5.82 Å². The molecule has 0 N–H and O–H groups in total. The fourth-order valence-electron chi connectivity index (χ4n) is 1.94. The maximum Gasteiger partial charge on any atom is 0.339 e. The van der Waals surface area contributed by atoms with E-state index in [4.69, 9.17) is 4.74 Å². The second-order valence-electron chi connectivity index (χ2n) is 4.49. The van der Waals surface area contributed by atoms with Crippen molar-refractivity contribution in [2.24, 2.45) is 0 Å². The van der Waals surface area contributed by atoms with Crippen molar-refractivity contribution in [1.29, 1.82) is 0 Å². The van der Waals surface area contributed by atoms with E-state index in [9.17, 15) is 9.59 Å². The number of ether oxygens (including phenoxy) is 1. The Morgan fingerprint density at radius 3 is 2.70 bits per heavy atom. The second-order valence-corrected chi connectivity index (χ2v) is 4.49. The molecule has 2 heterocycles. The van der Waals surface area contributed by atoms with Crippen LogP contribution in [-0.2, 0) is 4.74 Å². The van der Waals surface area contributed by atoms with Gasteiger partial charge in [-0.05, 0) is 44.5 Å². The molecule has 0 radical (unpaired) electrons. The largest absolute Gasteiger partial charge is 0.462 e. The Labute approximate surface area is 116 Å². The van der Waals surface area contributed by atoms with E-state index in [-0.39, 0.29) is 5.56 Å². The summed E-state index contributed by atoms with van der Waals surface area (Å²) in [6, 6.07) is 6.51. The summed E-state index contributed by atoms with van der Waals surface area (Å²) in [6.45, 7) is 5.81. The predicted octanol–water partition coefficient (Wildman–Crippen LogP) is 2.03. The molecule has 20 heavy (non-hydrogen) atoms. The Morgan fingerprint density at radius 2 is 2.05 bits per heavy atom. The van der Waals surface area contributed by atoms with Crippen LogP contribution >= 0.6 is 0 Å². The highest BCUT2D eigenvalue weighted by Crippen LogP contribution is 2.09. The van der Waals surface area contributed by atoms with Crippen LogP contribution < -0.4 is 5.56 Å². The van der Waals surface area contributed by atoms with Crippen LogP contribution in [0.4, 0.5) is 0 Å². The third kappa shape index (κ3) is 2.93. The molecule has 0 saturated heterocycles. The van der Waals surface area contributed by atoms with Crippen LogP contribution in [0, 0.1) is 13.8 Å². The van der Waals surface area contributed by atoms with Crippen molar-refractivity contribution in [2.45, 2.75) is 20.8 Å². The number of nitrogens with zero attached hydrogens (tertiary/aromatic N) is 2. The zero-order valence-corrected chi connectivity index (χ0v) is 11.7. The van der Waals surface area contributed by atoms with Crippen molar-refractivity contribution in [2.75, 3.05) is 6.61 Å². The van der Waals surface area contributed by atoms with Gasteiger partial charge in [0.2, 0.25) is 0 Å². The normalized spacial score (nSPS) is 10.3. The van der Waals surface area contributed by atoms with Gasteiger partial charge in [-0.3, -0.25) is 9.36 Å². The Hall–Kier alpha value is -2.43. The molecule has 0 bridgehead atoms. The van der Waals surface area contributed by atoms with Crippen molar-refractivity contribution < 1.29 is 9.53 Å². The number of rotatable bonds is 3. The van der Waals surface area contributed by atoms with Crippen LogP contribution in [0.5, 0.6) is 0 Å². The van der Waals surface area contributed by atoms with Crippen LogP contribution in [0.3, 0.4) is 0 Å². The highest BCUT2D eigenvalue weighted by atomic mass is 16.5. The Bertz CT molecular complexity index is 684. The highest BCUT2D eigenvalue weighted by Gasteiger charge is 2.10. The van der Waals surface area contributed by atoms with Gasteiger partial charge in [-0.15, -0.1) is 0 Å². The minimum Gasteiger partial charge on any atom is -0.462 e. The first-order valence-corrected chi connectivity index (χ1v) is 6.36. The van der Waals surface area contributed by atoms with E-state index in [0.29, 0.717) is 18.0 Å². The molecule has 0 atom stereocenters. The monoisotopic (exact) mass is 272 g/mol. The average Bonchev–Trinajstić information content (AvgIpc) is 2.38. The minimum absolute atomic E-state index is 0.240. The first-order chi connectivity index (χ1) is 9.51. The van der Waals surface area contributed by atoms with Crippen LogP contribution in [0.25, 0.3) is 5.82 Å². The summed E-state index contributed by atoms with van der Waals surface area (Å²) in [7, 11) is 0. The van der Waals surface area contributed by atoms with Crippen molar-refractivity contribution in [3.05, 3.63) is 57.6 Å². The van der Waals surface area contributed by atoms with Gasteiger partial charge in [0, 0.05) is 18.0 Å². The van der Waals surface area contributed by atoms with E-state index >= 15 is 0 Å². The first-order valence-electron chi connectivity index (χ1n) is 6.36. The molecule has 5 heteroatoms. The molecule has 0 aliphatic carbocycles. The lowest BCUT2D eigenvalue weighted by Gasteiger charge is -2.09. The zero-order chi connectivity index (χ0) is 14.7. The van der Waals surface area contributed by atoms with E-state index in [1.165, 1.54) is 22.9 Å². The van der Waals surface area contributed by atoms with Crippen LogP contribution in [0.15, 0.2) is 35.3 Å². The fraction of sp³-hybridized carbons (Fsp3) is 0.267. The third-order valence-electron chi connectivity index (χ3n) is 2.75. The van der Waals surface area contributed by atoms with E-state index in [1.54, 1.807) is 13.0 Å². The molecular weight excluding hydrogens is 256 g/mol. The molecule has 2 rings (SSSR count). The van der Waals surface area contributed by atoms with Crippen molar-refractivity contribution in [3.8, 4) is 5.82 Å². The average molecular weight is 272 g/mol. The number of esters is 1. The van der Waals surface area contributed by atoms with E-state index in [0.717, 1.165) is 11.3 Å². The Kier molecular flexibility index (Phi) is 3.98. The number of carbonyl (C=O) groups excluding carboxylic acids is 1. The summed E-state index contributed by atoms with van der Waals surface area (Å²) in [6.07, 6.45) is 1.46. The minimum atomic E-state index is -0.453. The topological polar surface area (TPSA) is 61.2 Å². The lowest BCUT2D eigenvalue weighted by Crippen LogP contribution is -2.20. The molecule has 5 nitrogen and oxygen atoms in total. The van der Waals surface area contributed by atoms with Gasteiger partial charge < -0.3 is 4.74 Å². The Morgan fingerprint density at radius 1 is 1.30 bits per heavy atom. The summed E-state index contributed by atoms with van der Waals surface area (Å²) >= 11 is 0. The summed E-state index contributed by atoms with van der Waals surface area (Å²) in [5.41, 5.74) is 1.90. The number of carbonyl (C=O) groups is 1. The quantitative estimate of drug-likeness (QED) is 0.802. The summed E-state index contributed by atoms with van der Waals surface area (Å²) in [5.74, 6) is 0.0456. The molecule has 0 spiro atoms. The molecule has 0 aliphatic heterocycles. The van der Waals surface area contributed by atoms with Gasteiger partial charge >= 0.3 is 5.97 Å².